The highest BCUT2D eigenvalue weighted by Crippen LogP contribution is 2.24. The molecule has 0 fully saturated rings. The number of aromatic nitrogens is 1. The third kappa shape index (κ3) is 4.27. The molecular formula is C16H21N3O2. The molecule has 21 heavy (non-hydrogen) atoms. The Morgan fingerprint density at radius 1 is 1.05 bits per heavy atom. The highest BCUT2D eigenvalue weighted by atomic mass is 16.5. The molecule has 1 heterocycles. The summed E-state index contributed by atoms with van der Waals surface area (Å²) in [6.45, 7) is 5.24. The number of rotatable bonds is 7. The Bertz CT molecular complexity index is 570. The number of hydrogen-bond acceptors (Lipinski definition) is 5. The van der Waals surface area contributed by atoms with Gasteiger partial charge in [-0.1, -0.05) is 6.92 Å². The predicted molar refractivity (Wildman–Crippen MR) is 85.3 cm³/mol. The zero-order valence-electron chi connectivity index (χ0n) is 12.4. The van der Waals surface area contributed by atoms with Crippen molar-refractivity contribution in [2.45, 2.75) is 20.3 Å². The summed E-state index contributed by atoms with van der Waals surface area (Å²) < 4.78 is 10.9. The summed E-state index contributed by atoms with van der Waals surface area (Å²) in [6.07, 6.45) is 0.996. The molecule has 0 atom stereocenters. The van der Waals surface area contributed by atoms with E-state index in [1.165, 1.54) is 0 Å². The van der Waals surface area contributed by atoms with E-state index < -0.39 is 0 Å². The second kappa shape index (κ2) is 7.38. The maximum absolute atomic E-state index is 5.80. The van der Waals surface area contributed by atoms with Crippen molar-refractivity contribution in [3.05, 3.63) is 36.4 Å². The molecule has 5 heteroatoms. The number of anilines is 3. The van der Waals surface area contributed by atoms with Crippen LogP contribution >= 0.6 is 0 Å². The van der Waals surface area contributed by atoms with Gasteiger partial charge in [0, 0.05) is 5.69 Å². The van der Waals surface area contributed by atoms with Gasteiger partial charge in [-0.2, -0.15) is 4.98 Å². The van der Waals surface area contributed by atoms with Crippen LogP contribution in [0.25, 0.3) is 0 Å². The molecule has 0 aliphatic carbocycles. The normalized spacial score (nSPS) is 10.2. The Hall–Kier alpha value is -2.43. The standard InChI is InChI=1S/C16H21N3O2/c1-3-11-21-13-7-5-12(6-8-13)18-15-10-9-14(17)16(19-15)20-4-2/h5-10H,3-4,11,17H2,1-2H3,(H,18,19). The molecule has 5 nitrogen and oxygen atoms in total. The molecule has 1 aromatic carbocycles. The predicted octanol–water partition coefficient (Wildman–Crippen LogP) is 3.59. The van der Waals surface area contributed by atoms with Gasteiger partial charge in [0.25, 0.3) is 0 Å². The van der Waals surface area contributed by atoms with Crippen LogP contribution < -0.4 is 20.5 Å². The third-order valence-corrected chi connectivity index (χ3v) is 2.77. The van der Waals surface area contributed by atoms with Crippen LogP contribution in [0.15, 0.2) is 36.4 Å². The maximum atomic E-state index is 5.80. The van der Waals surface area contributed by atoms with E-state index in [0.717, 1.165) is 24.5 Å². The van der Waals surface area contributed by atoms with E-state index in [9.17, 15) is 0 Å². The molecule has 0 spiro atoms. The molecule has 0 amide bonds. The minimum absolute atomic E-state index is 0.449. The fraction of sp³-hybridized carbons (Fsp3) is 0.312. The fourth-order valence-electron chi connectivity index (χ4n) is 1.78. The molecule has 2 aromatic rings. The van der Waals surface area contributed by atoms with Gasteiger partial charge in [-0.25, -0.2) is 0 Å². The molecule has 0 aliphatic rings. The van der Waals surface area contributed by atoms with Crippen molar-refractivity contribution in [3.8, 4) is 11.6 Å². The van der Waals surface area contributed by atoms with Gasteiger partial charge in [-0.3, -0.25) is 0 Å². The minimum Gasteiger partial charge on any atom is -0.494 e. The van der Waals surface area contributed by atoms with E-state index in [0.29, 0.717) is 24.0 Å². The number of hydrogen-bond donors (Lipinski definition) is 2. The molecular weight excluding hydrogens is 266 g/mol. The number of nitrogens with two attached hydrogens (primary N) is 1. The van der Waals surface area contributed by atoms with Crippen LogP contribution in [0.2, 0.25) is 0 Å². The molecule has 0 radical (unpaired) electrons. The van der Waals surface area contributed by atoms with Gasteiger partial charge < -0.3 is 20.5 Å². The zero-order chi connectivity index (χ0) is 15.1. The lowest BCUT2D eigenvalue weighted by Crippen LogP contribution is -2.02. The maximum Gasteiger partial charge on any atom is 0.239 e. The first-order chi connectivity index (χ1) is 10.2. The van der Waals surface area contributed by atoms with Crippen molar-refractivity contribution in [1.82, 2.24) is 4.98 Å². The van der Waals surface area contributed by atoms with Gasteiger partial charge in [0.1, 0.15) is 11.6 Å². The zero-order valence-corrected chi connectivity index (χ0v) is 12.4. The molecule has 3 N–H and O–H groups in total. The SMILES string of the molecule is CCCOc1ccc(Nc2ccc(N)c(OCC)n2)cc1. The molecule has 2 rings (SSSR count). The Kier molecular flexibility index (Phi) is 5.26. The molecule has 0 aliphatic heterocycles. The van der Waals surface area contributed by atoms with E-state index >= 15 is 0 Å². The van der Waals surface area contributed by atoms with Crippen LogP contribution in [0.3, 0.4) is 0 Å². The lowest BCUT2D eigenvalue weighted by atomic mass is 10.3. The Morgan fingerprint density at radius 2 is 1.81 bits per heavy atom. The van der Waals surface area contributed by atoms with Crippen LogP contribution in [-0.2, 0) is 0 Å². The second-order valence-corrected chi connectivity index (χ2v) is 4.52. The minimum atomic E-state index is 0.449. The van der Waals surface area contributed by atoms with Gasteiger partial charge in [0.15, 0.2) is 0 Å². The molecule has 0 bridgehead atoms. The van der Waals surface area contributed by atoms with Gasteiger partial charge in [-0.05, 0) is 49.7 Å². The first-order valence-corrected chi connectivity index (χ1v) is 7.12. The molecule has 1 aromatic heterocycles. The van der Waals surface area contributed by atoms with E-state index in [1.807, 2.05) is 37.3 Å². The smallest absolute Gasteiger partial charge is 0.239 e. The number of nitrogen functional groups attached to an aromatic ring is 1. The summed E-state index contributed by atoms with van der Waals surface area (Å²) in [5, 5.41) is 3.21. The molecule has 0 saturated heterocycles. The first-order valence-electron chi connectivity index (χ1n) is 7.12. The van der Waals surface area contributed by atoms with Crippen molar-refractivity contribution in [3.63, 3.8) is 0 Å². The Labute approximate surface area is 125 Å². The van der Waals surface area contributed by atoms with E-state index in [1.54, 1.807) is 6.07 Å². The van der Waals surface area contributed by atoms with E-state index in [4.69, 9.17) is 15.2 Å². The topological polar surface area (TPSA) is 69.4 Å². The van der Waals surface area contributed by atoms with Crippen LogP contribution in [-0.4, -0.2) is 18.2 Å². The van der Waals surface area contributed by atoms with Crippen molar-refractivity contribution >= 4 is 17.2 Å². The lowest BCUT2D eigenvalue weighted by Gasteiger charge is -2.10. The van der Waals surface area contributed by atoms with Crippen molar-refractivity contribution < 1.29 is 9.47 Å². The number of pyridine rings is 1. The number of nitrogens with zero attached hydrogens (tertiary/aromatic N) is 1. The number of ether oxygens (including phenoxy) is 2. The lowest BCUT2D eigenvalue weighted by molar-refractivity contribution is 0.317. The van der Waals surface area contributed by atoms with Crippen LogP contribution in [0.5, 0.6) is 11.6 Å². The molecule has 112 valence electrons. The van der Waals surface area contributed by atoms with E-state index in [-0.39, 0.29) is 0 Å². The quantitative estimate of drug-likeness (QED) is 0.814. The van der Waals surface area contributed by atoms with Crippen LogP contribution in [0.1, 0.15) is 20.3 Å². The summed E-state index contributed by atoms with van der Waals surface area (Å²) in [5.74, 6) is 2.00. The number of benzene rings is 1. The highest BCUT2D eigenvalue weighted by molar-refractivity contribution is 5.61. The summed E-state index contributed by atoms with van der Waals surface area (Å²) in [5.41, 5.74) is 7.27. The first kappa shape index (κ1) is 15.0. The molecule has 0 unspecified atom stereocenters. The average molecular weight is 287 g/mol. The van der Waals surface area contributed by atoms with Gasteiger partial charge in [-0.15, -0.1) is 0 Å². The second-order valence-electron chi connectivity index (χ2n) is 4.52. The average Bonchev–Trinajstić information content (AvgIpc) is 2.50. The van der Waals surface area contributed by atoms with E-state index in [2.05, 4.69) is 17.2 Å². The Morgan fingerprint density at radius 3 is 2.48 bits per heavy atom. The number of nitrogens with one attached hydrogen (secondary N) is 1. The van der Waals surface area contributed by atoms with Gasteiger partial charge >= 0.3 is 0 Å². The summed E-state index contributed by atoms with van der Waals surface area (Å²) in [7, 11) is 0. The van der Waals surface area contributed by atoms with Crippen molar-refractivity contribution in [2.24, 2.45) is 0 Å². The third-order valence-electron chi connectivity index (χ3n) is 2.77. The highest BCUT2D eigenvalue weighted by Gasteiger charge is 2.04. The fourth-order valence-corrected chi connectivity index (χ4v) is 1.78. The van der Waals surface area contributed by atoms with Gasteiger partial charge in [0.2, 0.25) is 5.88 Å². The summed E-state index contributed by atoms with van der Waals surface area (Å²) in [6, 6.07) is 11.3. The monoisotopic (exact) mass is 287 g/mol. The van der Waals surface area contributed by atoms with Crippen LogP contribution in [0.4, 0.5) is 17.2 Å². The summed E-state index contributed by atoms with van der Waals surface area (Å²) >= 11 is 0. The van der Waals surface area contributed by atoms with Crippen molar-refractivity contribution in [1.29, 1.82) is 0 Å². The summed E-state index contributed by atoms with van der Waals surface area (Å²) in [4.78, 5) is 4.34. The largest absolute Gasteiger partial charge is 0.494 e. The Balaban J connectivity index is 2.05. The van der Waals surface area contributed by atoms with Crippen molar-refractivity contribution in [2.75, 3.05) is 24.3 Å². The molecule has 0 saturated carbocycles. The van der Waals surface area contributed by atoms with Crippen LogP contribution in [0, 0.1) is 0 Å². The van der Waals surface area contributed by atoms with Gasteiger partial charge in [0.05, 0.1) is 18.9 Å².